The maximum Gasteiger partial charge on any atom is 0.311 e. The Morgan fingerprint density at radius 1 is 1.18 bits per heavy atom. The lowest BCUT2D eigenvalue weighted by Crippen LogP contribution is -2.16. The van der Waals surface area contributed by atoms with Gasteiger partial charge in [-0.15, -0.1) is 0 Å². The van der Waals surface area contributed by atoms with Gasteiger partial charge in [-0.25, -0.2) is 4.39 Å². The second kappa shape index (κ2) is 6.93. The summed E-state index contributed by atoms with van der Waals surface area (Å²) in [7, 11) is 3.03. The molecule has 0 aliphatic carbocycles. The lowest BCUT2D eigenvalue weighted by atomic mass is 9.91. The minimum Gasteiger partial charge on any atom is -0.497 e. The number of rotatable bonds is 6. The van der Waals surface area contributed by atoms with Crippen molar-refractivity contribution in [3.8, 4) is 11.5 Å². The number of halogens is 1. The molecule has 0 saturated carbocycles. The van der Waals surface area contributed by atoms with E-state index in [2.05, 4.69) is 0 Å². The average Bonchev–Trinajstić information content (AvgIpc) is 2.53. The summed E-state index contributed by atoms with van der Waals surface area (Å²) in [5.41, 5.74) is 0.840. The largest absolute Gasteiger partial charge is 0.497 e. The van der Waals surface area contributed by atoms with Gasteiger partial charge in [0.25, 0.3) is 0 Å². The van der Waals surface area contributed by atoms with Crippen molar-refractivity contribution >= 4 is 5.97 Å². The van der Waals surface area contributed by atoms with Crippen molar-refractivity contribution in [2.45, 2.75) is 12.3 Å². The molecule has 1 unspecified atom stereocenters. The maximum absolute atomic E-state index is 13.9. The molecule has 0 amide bonds. The van der Waals surface area contributed by atoms with Crippen LogP contribution in [-0.4, -0.2) is 25.3 Å². The zero-order valence-corrected chi connectivity index (χ0v) is 12.4. The second-order valence-electron chi connectivity index (χ2n) is 4.79. The van der Waals surface area contributed by atoms with Gasteiger partial charge in [0, 0.05) is 11.6 Å². The van der Waals surface area contributed by atoms with Gasteiger partial charge in [0.05, 0.1) is 20.1 Å². The van der Waals surface area contributed by atoms with E-state index in [4.69, 9.17) is 9.47 Å². The minimum atomic E-state index is -1.08. The van der Waals surface area contributed by atoms with Crippen LogP contribution in [0.5, 0.6) is 11.5 Å². The highest BCUT2D eigenvalue weighted by Gasteiger charge is 2.24. The SMILES string of the molecule is COc1ccc(CC(C(=O)O)c2ccccc2F)c(OC)c1. The Hall–Kier alpha value is -2.56. The van der Waals surface area contributed by atoms with Crippen molar-refractivity contribution in [3.63, 3.8) is 0 Å². The summed E-state index contributed by atoms with van der Waals surface area (Å²) < 4.78 is 24.3. The number of ether oxygens (including phenoxy) is 2. The van der Waals surface area contributed by atoms with Crippen molar-refractivity contribution < 1.29 is 23.8 Å². The van der Waals surface area contributed by atoms with Gasteiger partial charge in [-0.2, -0.15) is 0 Å². The summed E-state index contributed by atoms with van der Waals surface area (Å²) in [6.45, 7) is 0. The first-order chi connectivity index (χ1) is 10.6. The van der Waals surface area contributed by atoms with Crippen molar-refractivity contribution in [3.05, 3.63) is 59.4 Å². The van der Waals surface area contributed by atoms with E-state index in [1.165, 1.54) is 32.4 Å². The smallest absolute Gasteiger partial charge is 0.311 e. The molecule has 0 bridgehead atoms. The summed E-state index contributed by atoms with van der Waals surface area (Å²) in [5.74, 6) is -1.46. The molecule has 4 nitrogen and oxygen atoms in total. The number of aliphatic carboxylic acids is 1. The molecule has 1 atom stereocenters. The molecular formula is C17H17FO4. The molecule has 22 heavy (non-hydrogen) atoms. The van der Waals surface area contributed by atoms with E-state index in [1.807, 2.05) is 0 Å². The minimum absolute atomic E-state index is 0.128. The fourth-order valence-corrected chi connectivity index (χ4v) is 2.33. The van der Waals surface area contributed by atoms with Gasteiger partial charge in [-0.3, -0.25) is 4.79 Å². The van der Waals surface area contributed by atoms with Crippen molar-refractivity contribution in [2.24, 2.45) is 0 Å². The van der Waals surface area contributed by atoms with Gasteiger partial charge in [0.1, 0.15) is 17.3 Å². The molecule has 2 aromatic rings. The van der Waals surface area contributed by atoms with Crippen molar-refractivity contribution in [1.29, 1.82) is 0 Å². The van der Waals surface area contributed by atoms with Crippen molar-refractivity contribution in [1.82, 2.24) is 0 Å². The van der Waals surface area contributed by atoms with Crippen LogP contribution >= 0.6 is 0 Å². The first-order valence-electron chi connectivity index (χ1n) is 6.75. The number of hydrogen-bond donors (Lipinski definition) is 1. The Morgan fingerprint density at radius 2 is 1.91 bits per heavy atom. The van der Waals surface area contributed by atoms with Crippen molar-refractivity contribution in [2.75, 3.05) is 14.2 Å². The van der Waals surface area contributed by atoms with Crippen LogP contribution in [0.15, 0.2) is 42.5 Å². The zero-order chi connectivity index (χ0) is 16.1. The molecule has 0 fully saturated rings. The van der Waals surface area contributed by atoms with Gasteiger partial charge in [-0.05, 0) is 24.1 Å². The molecular weight excluding hydrogens is 287 g/mol. The molecule has 2 aromatic carbocycles. The van der Waals surface area contributed by atoms with E-state index in [0.717, 1.165) is 0 Å². The topological polar surface area (TPSA) is 55.8 Å². The average molecular weight is 304 g/mol. The Bertz CT molecular complexity index is 669. The molecule has 0 radical (unpaired) electrons. The van der Waals surface area contributed by atoms with Crippen LogP contribution in [0.3, 0.4) is 0 Å². The van der Waals surface area contributed by atoms with E-state index >= 15 is 0 Å². The Labute approximate surface area is 128 Å². The Morgan fingerprint density at radius 3 is 2.50 bits per heavy atom. The predicted octanol–water partition coefficient (Wildman–Crippen LogP) is 3.25. The van der Waals surface area contributed by atoms with Crippen LogP contribution in [0.4, 0.5) is 4.39 Å². The normalized spacial score (nSPS) is 11.8. The molecule has 0 heterocycles. The van der Waals surface area contributed by atoms with Gasteiger partial charge in [-0.1, -0.05) is 24.3 Å². The zero-order valence-electron chi connectivity index (χ0n) is 12.4. The Balaban J connectivity index is 2.37. The third kappa shape index (κ3) is 3.36. The number of benzene rings is 2. The highest BCUT2D eigenvalue weighted by Crippen LogP contribution is 2.30. The summed E-state index contributed by atoms with van der Waals surface area (Å²) in [5, 5.41) is 9.44. The molecule has 2 rings (SSSR count). The van der Waals surface area contributed by atoms with Crippen LogP contribution < -0.4 is 9.47 Å². The van der Waals surface area contributed by atoms with E-state index in [1.54, 1.807) is 24.3 Å². The third-order valence-corrected chi connectivity index (χ3v) is 3.50. The molecule has 0 aliphatic rings. The monoisotopic (exact) mass is 304 g/mol. The van der Waals surface area contributed by atoms with E-state index in [9.17, 15) is 14.3 Å². The fourth-order valence-electron chi connectivity index (χ4n) is 2.33. The Kier molecular flexibility index (Phi) is 4.99. The van der Waals surface area contributed by atoms with Crippen LogP contribution in [0.25, 0.3) is 0 Å². The highest BCUT2D eigenvalue weighted by atomic mass is 19.1. The first kappa shape index (κ1) is 15.8. The third-order valence-electron chi connectivity index (χ3n) is 3.50. The second-order valence-corrected chi connectivity index (χ2v) is 4.79. The summed E-state index contributed by atoms with van der Waals surface area (Å²) >= 11 is 0. The number of hydrogen-bond acceptors (Lipinski definition) is 3. The number of methoxy groups -OCH3 is 2. The highest BCUT2D eigenvalue weighted by molar-refractivity contribution is 5.76. The van der Waals surface area contributed by atoms with Crippen LogP contribution in [0.2, 0.25) is 0 Å². The van der Waals surface area contributed by atoms with Crippen LogP contribution in [0.1, 0.15) is 17.0 Å². The maximum atomic E-state index is 13.9. The molecule has 0 aliphatic heterocycles. The lowest BCUT2D eigenvalue weighted by molar-refractivity contribution is -0.138. The fraction of sp³-hybridized carbons (Fsp3) is 0.235. The molecule has 116 valence electrons. The summed E-state index contributed by atoms with van der Waals surface area (Å²) in [4.78, 5) is 11.5. The van der Waals surface area contributed by atoms with E-state index < -0.39 is 17.7 Å². The van der Waals surface area contributed by atoms with Gasteiger partial charge >= 0.3 is 5.97 Å². The van der Waals surface area contributed by atoms with Gasteiger partial charge in [0.2, 0.25) is 0 Å². The summed E-state index contributed by atoms with van der Waals surface area (Å²) in [6, 6.07) is 11.0. The standard InChI is InChI=1S/C17H17FO4/c1-21-12-8-7-11(16(10-12)22-2)9-14(17(19)20)13-5-3-4-6-15(13)18/h3-8,10,14H,9H2,1-2H3,(H,19,20). The molecule has 0 saturated heterocycles. The predicted molar refractivity (Wildman–Crippen MR) is 80.0 cm³/mol. The summed E-state index contributed by atoms with van der Waals surface area (Å²) in [6.07, 6.45) is 0.128. The number of carboxylic acids is 1. The molecule has 1 N–H and O–H groups in total. The van der Waals surface area contributed by atoms with Crippen LogP contribution in [-0.2, 0) is 11.2 Å². The molecule has 5 heteroatoms. The van der Waals surface area contributed by atoms with Gasteiger partial charge in [0.15, 0.2) is 0 Å². The van der Waals surface area contributed by atoms with Crippen LogP contribution in [0, 0.1) is 5.82 Å². The molecule has 0 aromatic heterocycles. The van der Waals surface area contributed by atoms with E-state index in [0.29, 0.717) is 17.1 Å². The van der Waals surface area contributed by atoms with Gasteiger partial charge < -0.3 is 14.6 Å². The first-order valence-corrected chi connectivity index (χ1v) is 6.75. The number of carboxylic acid groups (broad SMARTS) is 1. The number of carbonyl (C=O) groups is 1. The quantitative estimate of drug-likeness (QED) is 0.890. The molecule has 0 spiro atoms. The lowest BCUT2D eigenvalue weighted by Gasteiger charge is -2.16. The van der Waals surface area contributed by atoms with E-state index in [-0.39, 0.29) is 12.0 Å².